The third-order valence-corrected chi connectivity index (χ3v) is 5.13. The normalized spacial score (nSPS) is 15.8. The van der Waals surface area contributed by atoms with Crippen molar-refractivity contribution < 1.29 is 14.3 Å². The molecule has 30 heavy (non-hydrogen) atoms. The van der Waals surface area contributed by atoms with E-state index in [4.69, 9.17) is 21.7 Å². The van der Waals surface area contributed by atoms with Crippen LogP contribution in [-0.4, -0.2) is 39.3 Å². The molecule has 0 aliphatic carbocycles. The second-order valence-corrected chi connectivity index (χ2v) is 7.48. The van der Waals surface area contributed by atoms with Crippen LogP contribution in [0, 0.1) is 0 Å². The Bertz CT molecular complexity index is 986. The number of carbonyl (C=O) groups excluding carboxylic acids is 1. The van der Waals surface area contributed by atoms with Crippen LogP contribution >= 0.6 is 12.2 Å². The highest BCUT2D eigenvalue weighted by atomic mass is 32.1. The number of nitrogens with zero attached hydrogens (tertiary/aromatic N) is 1. The number of anilines is 2. The predicted molar refractivity (Wildman–Crippen MR) is 123 cm³/mol. The fraction of sp³-hybridized carbons (Fsp3) is 0.273. The van der Waals surface area contributed by atoms with E-state index in [0.29, 0.717) is 33.6 Å². The van der Waals surface area contributed by atoms with Crippen molar-refractivity contribution in [2.45, 2.75) is 13.0 Å². The van der Waals surface area contributed by atoms with Crippen LogP contribution in [0.1, 0.15) is 18.5 Å². The van der Waals surface area contributed by atoms with E-state index in [0.717, 1.165) is 11.3 Å². The average molecular weight is 427 g/mol. The molecule has 8 heteroatoms. The molecule has 7 nitrogen and oxygen atoms in total. The molecule has 0 saturated carbocycles. The molecule has 1 atom stereocenters. The van der Waals surface area contributed by atoms with Crippen molar-refractivity contribution in [2.75, 3.05) is 38.5 Å². The maximum Gasteiger partial charge on any atom is 0.255 e. The van der Waals surface area contributed by atoms with Gasteiger partial charge < -0.3 is 30.3 Å². The van der Waals surface area contributed by atoms with Gasteiger partial charge in [-0.15, -0.1) is 0 Å². The topological polar surface area (TPSA) is 74.9 Å². The van der Waals surface area contributed by atoms with Crippen LogP contribution in [0.5, 0.6) is 11.5 Å². The summed E-state index contributed by atoms with van der Waals surface area (Å²) in [5.41, 5.74) is 3.82. The maximum atomic E-state index is 13.3. The second kappa shape index (κ2) is 9.04. The standard InChI is InChI=1S/C22H26N4O3S/c1-13-19(21(27)24-17-11-10-16(28-4)12-18(17)29-5)20(25-22(30)23-13)14-6-8-15(9-7-14)26(2)3/h6-12,20H,1-5H3,(H,24,27)(H2,23,25,30). The van der Waals surface area contributed by atoms with E-state index in [1.807, 2.05) is 50.2 Å². The van der Waals surface area contributed by atoms with Crippen molar-refractivity contribution in [1.82, 2.24) is 10.6 Å². The van der Waals surface area contributed by atoms with Crippen LogP contribution in [0.3, 0.4) is 0 Å². The molecule has 1 unspecified atom stereocenters. The van der Waals surface area contributed by atoms with E-state index in [2.05, 4.69) is 16.0 Å². The fourth-order valence-electron chi connectivity index (χ4n) is 3.30. The monoisotopic (exact) mass is 426 g/mol. The van der Waals surface area contributed by atoms with Crippen molar-refractivity contribution in [3.05, 3.63) is 59.3 Å². The fourth-order valence-corrected chi connectivity index (χ4v) is 3.57. The number of benzene rings is 2. The lowest BCUT2D eigenvalue weighted by Gasteiger charge is -2.30. The van der Waals surface area contributed by atoms with Crippen LogP contribution in [0.15, 0.2) is 53.7 Å². The van der Waals surface area contributed by atoms with Gasteiger partial charge in [0.2, 0.25) is 0 Å². The van der Waals surface area contributed by atoms with Gasteiger partial charge in [0.1, 0.15) is 11.5 Å². The van der Waals surface area contributed by atoms with Gasteiger partial charge in [0, 0.05) is 31.5 Å². The van der Waals surface area contributed by atoms with Gasteiger partial charge in [0.15, 0.2) is 5.11 Å². The van der Waals surface area contributed by atoms with Gasteiger partial charge in [-0.1, -0.05) is 12.1 Å². The molecule has 1 aliphatic heterocycles. The molecule has 0 aromatic heterocycles. The summed E-state index contributed by atoms with van der Waals surface area (Å²) in [7, 11) is 7.10. The Labute approximate surface area is 182 Å². The molecular weight excluding hydrogens is 400 g/mol. The summed E-state index contributed by atoms with van der Waals surface area (Å²) < 4.78 is 10.6. The molecule has 3 rings (SSSR count). The lowest BCUT2D eigenvalue weighted by molar-refractivity contribution is -0.113. The molecular formula is C22H26N4O3S. The Morgan fingerprint density at radius 2 is 1.80 bits per heavy atom. The Morgan fingerprint density at radius 1 is 1.10 bits per heavy atom. The third kappa shape index (κ3) is 4.49. The van der Waals surface area contributed by atoms with Crippen LogP contribution < -0.4 is 30.3 Å². The summed E-state index contributed by atoms with van der Waals surface area (Å²) in [5.74, 6) is 0.908. The molecule has 0 saturated heterocycles. The Balaban J connectivity index is 1.93. The van der Waals surface area contributed by atoms with Crippen molar-refractivity contribution >= 4 is 34.6 Å². The molecule has 2 aromatic rings. The molecule has 0 fully saturated rings. The van der Waals surface area contributed by atoms with E-state index in [1.165, 1.54) is 0 Å². The largest absolute Gasteiger partial charge is 0.497 e. The summed E-state index contributed by atoms with van der Waals surface area (Å²) in [4.78, 5) is 15.3. The zero-order chi connectivity index (χ0) is 21.8. The summed E-state index contributed by atoms with van der Waals surface area (Å²) in [6, 6.07) is 12.9. The minimum atomic E-state index is -0.376. The zero-order valence-electron chi connectivity index (χ0n) is 17.7. The van der Waals surface area contributed by atoms with E-state index in [9.17, 15) is 4.79 Å². The molecule has 0 spiro atoms. The highest BCUT2D eigenvalue weighted by Crippen LogP contribution is 2.32. The first kappa shape index (κ1) is 21.4. The van der Waals surface area contributed by atoms with Crippen molar-refractivity contribution in [3.63, 3.8) is 0 Å². The minimum absolute atomic E-state index is 0.250. The SMILES string of the molecule is COc1ccc(NC(=O)C2=C(C)NC(=S)NC2c2ccc(N(C)C)cc2)c(OC)c1. The van der Waals surface area contributed by atoms with Gasteiger partial charge in [-0.3, -0.25) is 4.79 Å². The number of amides is 1. The first-order valence-electron chi connectivity index (χ1n) is 9.43. The van der Waals surface area contributed by atoms with E-state index < -0.39 is 0 Å². The van der Waals surface area contributed by atoms with Crippen LogP contribution in [0.25, 0.3) is 0 Å². The second-order valence-electron chi connectivity index (χ2n) is 7.08. The van der Waals surface area contributed by atoms with Gasteiger partial charge in [-0.05, 0) is 49.0 Å². The van der Waals surface area contributed by atoms with Gasteiger partial charge in [0.25, 0.3) is 5.91 Å². The number of hydrogen-bond acceptors (Lipinski definition) is 5. The van der Waals surface area contributed by atoms with Crippen molar-refractivity contribution in [3.8, 4) is 11.5 Å². The molecule has 158 valence electrons. The Hall–Kier alpha value is -3.26. The number of methoxy groups -OCH3 is 2. The number of allylic oxidation sites excluding steroid dienone is 1. The zero-order valence-corrected chi connectivity index (χ0v) is 18.5. The number of thiocarbonyl (C=S) groups is 1. The number of ether oxygens (including phenoxy) is 2. The van der Waals surface area contributed by atoms with E-state index >= 15 is 0 Å². The number of hydrogen-bond donors (Lipinski definition) is 3. The van der Waals surface area contributed by atoms with Gasteiger partial charge in [0.05, 0.1) is 31.5 Å². The highest BCUT2D eigenvalue weighted by Gasteiger charge is 2.30. The van der Waals surface area contributed by atoms with Gasteiger partial charge in [-0.2, -0.15) is 0 Å². The van der Waals surface area contributed by atoms with E-state index in [1.54, 1.807) is 32.4 Å². The summed E-state index contributed by atoms with van der Waals surface area (Å²) >= 11 is 5.33. The molecule has 0 bridgehead atoms. The highest BCUT2D eigenvalue weighted by molar-refractivity contribution is 7.80. The molecule has 1 heterocycles. The first-order chi connectivity index (χ1) is 14.3. The third-order valence-electron chi connectivity index (χ3n) is 4.91. The lowest BCUT2D eigenvalue weighted by Crippen LogP contribution is -2.45. The van der Waals surface area contributed by atoms with Crippen LogP contribution in [-0.2, 0) is 4.79 Å². The predicted octanol–water partition coefficient (Wildman–Crippen LogP) is 3.20. The molecule has 1 aliphatic rings. The minimum Gasteiger partial charge on any atom is -0.497 e. The molecule has 3 N–H and O–H groups in total. The smallest absolute Gasteiger partial charge is 0.255 e. The molecule has 2 aromatic carbocycles. The van der Waals surface area contributed by atoms with Crippen molar-refractivity contribution in [2.24, 2.45) is 0 Å². The molecule has 1 amide bonds. The van der Waals surface area contributed by atoms with Gasteiger partial charge >= 0.3 is 0 Å². The number of nitrogens with one attached hydrogen (secondary N) is 3. The van der Waals surface area contributed by atoms with Crippen LogP contribution in [0.2, 0.25) is 0 Å². The lowest BCUT2D eigenvalue weighted by atomic mass is 9.94. The first-order valence-corrected chi connectivity index (χ1v) is 9.83. The van der Waals surface area contributed by atoms with Crippen LogP contribution in [0.4, 0.5) is 11.4 Å². The van der Waals surface area contributed by atoms with E-state index in [-0.39, 0.29) is 11.9 Å². The molecule has 0 radical (unpaired) electrons. The Morgan fingerprint density at radius 3 is 2.40 bits per heavy atom. The van der Waals surface area contributed by atoms with Crippen molar-refractivity contribution in [1.29, 1.82) is 0 Å². The average Bonchev–Trinajstić information content (AvgIpc) is 2.73. The quantitative estimate of drug-likeness (QED) is 0.613. The van der Waals surface area contributed by atoms with Gasteiger partial charge in [-0.25, -0.2) is 0 Å². The number of rotatable bonds is 6. The Kier molecular flexibility index (Phi) is 6.47. The summed E-state index contributed by atoms with van der Waals surface area (Å²) in [6.07, 6.45) is 0. The summed E-state index contributed by atoms with van der Waals surface area (Å²) in [5, 5.41) is 9.69. The summed E-state index contributed by atoms with van der Waals surface area (Å²) in [6.45, 7) is 1.84. The maximum absolute atomic E-state index is 13.3. The number of carbonyl (C=O) groups is 1.